The minimum atomic E-state index is -0.385. The lowest BCUT2D eigenvalue weighted by atomic mass is 10.2. The molecule has 0 radical (unpaired) electrons. The molecular weight excluding hydrogens is 350 g/mol. The number of benzene rings is 1. The Morgan fingerprint density at radius 2 is 2.22 bits per heavy atom. The number of aryl methyl sites for hydroxylation is 1. The highest BCUT2D eigenvalue weighted by Gasteiger charge is 2.25. The van der Waals surface area contributed by atoms with Crippen molar-refractivity contribution < 1.29 is 19.1 Å². The van der Waals surface area contributed by atoms with Crippen LogP contribution in [-0.2, 0) is 16.6 Å². The van der Waals surface area contributed by atoms with Crippen LogP contribution in [0.5, 0.6) is 5.75 Å². The molecule has 0 bridgehead atoms. The fraction of sp³-hybridized carbons (Fsp3) is 0.389. The number of carbonyl (C=O) groups is 2. The molecule has 1 unspecified atom stereocenters. The molecule has 144 valence electrons. The van der Waals surface area contributed by atoms with Crippen molar-refractivity contribution in [2.75, 3.05) is 37.1 Å². The fourth-order valence-corrected chi connectivity index (χ4v) is 3.05. The Balaban J connectivity index is 1.73. The Morgan fingerprint density at radius 3 is 2.89 bits per heavy atom. The zero-order chi connectivity index (χ0) is 19.4. The molecule has 0 aliphatic carbocycles. The van der Waals surface area contributed by atoms with Gasteiger partial charge in [0.05, 0.1) is 24.0 Å². The molecule has 0 spiro atoms. The molecule has 2 heterocycles. The summed E-state index contributed by atoms with van der Waals surface area (Å²) in [5, 5.41) is 9.79. The van der Waals surface area contributed by atoms with Gasteiger partial charge >= 0.3 is 6.03 Å². The molecular formula is C18H23N5O4. The van der Waals surface area contributed by atoms with Gasteiger partial charge in [-0.3, -0.25) is 9.48 Å². The summed E-state index contributed by atoms with van der Waals surface area (Å²) < 4.78 is 12.3. The monoisotopic (exact) mass is 373 g/mol. The average Bonchev–Trinajstić information content (AvgIpc) is 3.07. The standard InChI is InChI=1S/C18H23N5O4/c1-4-23-15-9-12(5-6-16(15)27-11-17(23)24)20-18(25)21-13(10-26-3)14-7-8-19-22(14)2/h5-9,13H,4,10-11H2,1-3H3,(H2,20,21,25). The van der Waals surface area contributed by atoms with Crippen molar-refractivity contribution in [2.45, 2.75) is 13.0 Å². The zero-order valence-electron chi connectivity index (χ0n) is 15.6. The van der Waals surface area contributed by atoms with Gasteiger partial charge in [-0.15, -0.1) is 0 Å². The lowest BCUT2D eigenvalue weighted by Crippen LogP contribution is -2.38. The smallest absolute Gasteiger partial charge is 0.319 e. The second-order valence-corrected chi connectivity index (χ2v) is 6.10. The minimum Gasteiger partial charge on any atom is -0.482 e. The van der Waals surface area contributed by atoms with Gasteiger partial charge in [-0.2, -0.15) is 5.10 Å². The van der Waals surface area contributed by atoms with Crippen LogP contribution in [-0.4, -0.2) is 48.6 Å². The fourth-order valence-electron chi connectivity index (χ4n) is 3.05. The molecule has 1 atom stereocenters. The average molecular weight is 373 g/mol. The van der Waals surface area contributed by atoms with Gasteiger partial charge in [-0.25, -0.2) is 4.79 Å². The summed E-state index contributed by atoms with van der Waals surface area (Å²) in [6, 6.07) is 6.29. The summed E-state index contributed by atoms with van der Waals surface area (Å²) in [5.74, 6) is 0.512. The van der Waals surface area contributed by atoms with E-state index < -0.39 is 0 Å². The van der Waals surface area contributed by atoms with Crippen LogP contribution in [0.3, 0.4) is 0 Å². The van der Waals surface area contributed by atoms with Gasteiger partial charge in [-0.1, -0.05) is 0 Å². The number of hydrogen-bond acceptors (Lipinski definition) is 5. The van der Waals surface area contributed by atoms with E-state index in [0.717, 1.165) is 5.69 Å². The molecule has 1 aromatic carbocycles. The van der Waals surface area contributed by atoms with Crippen LogP contribution in [0.1, 0.15) is 18.7 Å². The van der Waals surface area contributed by atoms with Crippen molar-refractivity contribution in [1.29, 1.82) is 0 Å². The number of rotatable bonds is 6. The summed E-state index contributed by atoms with van der Waals surface area (Å²) in [5.41, 5.74) is 2.03. The van der Waals surface area contributed by atoms with Crippen molar-refractivity contribution >= 4 is 23.3 Å². The first kappa shape index (κ1) is 18.7. The number of aromatic nitrogens is 2. The van der Waals surface area contributed by atoms with Crippen LogP contribution in [0.15, 0.2) is 30.5 Å². The zero-order valence-corrected chi connectivity index (χ0v) is 15.6. The maximum atomic E-state index is 12.5. The highest BCUT2D eigenvalue weighted by atomic mass is 16.5. The molecule has 2 aromatic rings. The third-order valence-electron chi connectivity index (χ3n) is 4.33. The highest BCUT2D eigenvalue weighted by Crippen LogP contribution is 2.34. The first-order valence-corrected chi connectivity index (χ1v) is 8.65. The molecule has 2 N–H and O–H groups in total. The van der Waals surface area contributed by atoms with Crippen LogP contribution >= 0.6 is 0 Å². The van der Waals surface area contributed by atoms with E-state index >= 15 is 0 Å². The van der Waals surface area contributed by atoms with E-state index in [1.54, 1.807) is 48.1 Å². The Kier molecular flexibility index (Phi) is 5.60. The lowest BCUT2D eigenvalue weighted by Gasteiger charge is -2.28. The van der Waals surface area contributed by atoms with Crippen LogP contribution < -0.4 is 20.3 Å². The molecule has 3 amide bonds. The molecule has 9 heteroatoms. The maximum absolute atomic E-state index is 12.5. The van der Waals surface area contributed by atoms with Gasteiger partial charge in [-0.05, 0) is 31.2 Å². The Labute approximate surface area is 157 Å². The number of fused-ring (bicyclic) bond motifs is 1. The number of carbonyl (C=O) groups excluding carboxylic acids is 2. The SMILES string of the molecule is CCN1C(=O)COc2ccc(NC(=O)NC(COC)c3ccnn3C)cc21. The summed E-state index contributed by atoms with van der Waals surface area (Å²) in [4.78, 5) is 26.1. The van der Waals surface area contributed by atoms with Crippen LogP contribution in [0.25, 0.3) is 0 Å². The van der Waals surface area contributed by atoms with Gasteiger partial charge < -0.3 is 25.0 Å². The largest absolute Gasteiger partial charge is 0.482 e. The van der Waals surface area contributed by atoms with Gasteiger partial charge in [0.1, 0.15) is 5.75 Å². The van der Waals surface area contributed by atoms with Crippen molar-refractivity contribution in [3.63, 3.8) is 0 Å². The minimum absolute atomic E-state index is 0.0253. The van der Waals surface area contributed by atoms with E-state index in [-0.39, 0.29) is 24.6 Å². The molecule has 1 aliphatic heterocycles. The number of ether oxygens (including phenoxy) is 2. The first-order chi connectivity index (χ1) is 13.0. The molecule has 1 aromatic heterocycles. The lowest BCUT2D eigenvalue weighted by molar-refractivity contribution is -0.121. The summed E-state index contributed by atoms with van der Waals surface area (Å²) >= 11 is 0. The molecule has 0 saturated heterocycles. The number of methoxy groups -OCH3 is 1. The normalized spacial score (nSPS) is 14.3. The summed E-state index contributed by atoms with van der Waals surface area (Å²) in [7, 11) is 3.38. The van der Waals surface area contributed by atoms with Crippen LogP contribution in [0.4, 0.5) is 16.2 Å². The molecule has 27 heavy (non-hydrogen) atoms. The van der Waals surface area contributed by atoms with E-state index in [0.29, 0.717) is 30.3 Å². The number of urea groups is 1. The van der Waals surface area contributed by atoms with Crippen molar-refractivity contribution in [1.82, 2.24) is 15.1 Å². The third kappa shape index (κ3) is 4.03. The molecule has 3 rings (SSSR count). The predicted octanol–water partition coefficient (Wildman–Crippen LogP) is 1.67. The molecule has 0 saturated carbocycles. The van der Waals surface area contributed by atoms with E-state index in [4.69, 9.17) is 9.47 Å². The molecule has 9 nitrogen and oxygen atoms in total. The number of amides is 3. The van der Waals surface area contributed by atoms with Crippen LogP contribution in [0, 0.1) is 0 Å². The number of likely N-dealkylation sites (N-methyl/N-ethyl adjacent to an activating group) is 1. The van der Waals surface area contributed by atoms with Crippen molar-refractivity contribution in [2.24, 2.45) is 7.05 Å². The Morgan fingerprint density at radius 1 is 1.41 bits per heavy atom. The number of hydrogen-bond donors (Lipinski definition) is 2. The topological polar surface area (TPSA) is 97.7 Å². The Bertz CT molecular complexity index is 835. The Hall–Kier alpha value is -3.07. The second kappa shape index (κ2) is 8.09. The summed E-state index contributed by atoms with van der Waals surface area (Å²) in [6.07, 6.45) is 1.66. The van der Waals surface area contributed by atoms with E-state index in [2.05, 4.69) is 15.7 Å². The highest BCUT2D eigenvalue weighted by molar-refractivity contribution is 5.99. The van der Waals surface area contributed by atoms with Gasteiger partial charge in [0.15, 0.2) is 6.61 Å². The van der Waals surface area contributed by atoms with Gasteiger partial charge in [0, 0.05) is 32.6 Å². The van der Waals surface area contributed by atoms with E-state index in [1.807, 2.05) is 13.0 Å². The molecule has 1 aliphatic rings. The quantitative estimate of drug-likeness (QED) is 0.803. The number of anilines is 2. The van der Waals surface area contributed by atoms with E-state index in [9.17, 15) is 9.59 Å². The van der Waals surface area contributed by atoms with Crippen molar-refractivity contribution in [3.05, 3.63) is 36.2 Å². The first-order valence-electron chi connectivity index (χ1n) is 8.65. The second-order valence-electron chi connectivity index (χ2n) is 6.10. The predicted molar refractivity (Wildman–Crippen MR) is 99.9 cm³/mol. The summed E-state index contributed by atoms with van der Waals surface area (Å²) in [6.45, 7) is 2.75. The molecule has 0 fully saturated rings. The number of nitrogens with zero attached hydrogens (tertiary/aromatic N) is 3. The third-order valence-corrected chi connectivity index (χ3v) is 4.33. The van der Waals surface area contributed by atoms with E-state index in [1.165, 1.54) is 0 Å². The number of nitrogens with one attached hydrogen (secondary N) is 2. The van der Waals surface area contributed by atoms with Crippen LogP contribution in [0.2, 0.25) is 0 Å². The van der Waals surface area contributed by atoms with Crippen molar-refractivity contribution in [3.8, 4) is 5.75 Å². The van der Waals surface area contributed by atoms with Gasteiger partial charge in [0.25, 0.3) is 5.91 Å². The van der Waals surface area contributed by atoms with Gasteiger partial charge in [0.2, 0.25) is 0 Å². The maximum Gasteiger partial charge on any atom is 0.319 e.